The van der Waals surface area contributed by atoms with Gasteiger partial charge in [0.25, 0.3) is 47.3 Å². The fourth-order valence-corrected chi connectivity index (χ4v) is 13.8. The lowest BCUT2D eigenvalue weighted by atomic mass is 10.0. The molecule has 4 aliphatic rings. The molecule has 4 aromatic carbocycles. The minimum Gasteiger partial charge on any atom is -0.496 e. The van der Waals surface area contributed by atoms with E-state index in [2.05, 4.69) is 54.9 Å². The van der Waals surface area contributed by atoms with Crippen LogP contribution in [-0.4, -0.2) is 120 Å². The van der Waals surface area contributed by atoms with E-state index in [0.717, 1.165) is 83.5 Å². The number of benzene rings is 4. The molecule has 4 N–H and O–H groups in total. The van der Waals surface area contributed by atoms with E-state index in [1.807, 2.05) is 60.9 Å². The van der Waals surface area contributed by atoms with Crippen molar-refractivity contribution < 1.29 is 78.6 Å². The Labute approximate surface area is 680 Å². The number of carbonyl (C=O) groups is 8. The average molecular weight is 1650 g/mol. The second kappa shape index (κ2) is 37.4. The van der Waals surface area contributed by atoms with Crippen molar-refractivity contribution in [2.45, 2.75) is 141 Å². The van der Waals surface area contributed by atoms with E-state index in [-0.39, 0.29) is 107 Å². The predicted molar refractivity (Wildman–Crippen MR) is 429 cm³/mol. The first-order valence-corrected chi connectivity index (χ1v) is 37.9. The van der Waals surface area contributed by atoms with Crippen LogP contribution in [-0.2, 0) is 48.7 Å². The van der Waals surface area contributed by atoms with Crippen molar-refractivity contribution in [3.05, 3.63) is 301 Å². The molecule has 31 heteroatoms. The molecule has 0 radical (unpaired) electrons. The number of aryl methyl sites for hydroxylation is 6. The number of hydrogen-bond acceptors (Lipinski definition) is 19. The van der Waals surface area contributed by atoms with Crippen LogP contribution in [0.3, 0.4) is 0 Å². The Hall–Kier alpha value is -12.2. The number of amides is 8. The van der Waals surface area contributed by atoms with E-state index in [4.69, 9.17) is 26.8 Å². The molecule has 8 amide bonds. The second-order valence-corrected chi connectivity index (χ2v) is 29.3. The fourth-order valence-electron chi connectivity index (χ4n) is 12.9. The van der Waals surface area contributed by atoms with E-state index in [1.54, 1.807) is 132 Å². The molecule has 606 valence electrons. The Morgan fingerprint density at radius 2 is 0.716 bits per heavy atom. The van der Waals surface area contributed by atoms with Gasteiger partial charge in [-0.15, -0.1) is 24.0 Å². The number of halogens is 5. The van der Waals surface area contributed by atoms with Crippen molar-refractivity contribution in [3.8, 4) is 17.2 Å². The van der Waals surface area contributed by atoms with Crippen molar-refractivity contribution in [3.63, 3.8) is 0 Å². The van der Waals surface area contributed by atoms with Crippen LogP contribution in [0.5, 0.6) is 17.2 Å². The van der Waals surface area contributed by atoms with Gasteiger partial charge in [-0.2, -0.15) is 21.6 Å². The van der Waals surface area contributed by atoms with Gasteiger partial charge in [0, 0.05) is 76.6 Å². The summed E-state index contributed by atoms with van der Waals surface area (Å²) < 4.78 is 75.5. The van der Waals surface area contributed by atoms with Gasteiger partial charge in [-0.05, 0) is 179 Å². The monoisotopic (exact) mass is 1640 g/mol. The van der Waals surface area contributed by atoms with E-state index in [1.165, 1.54) is 52.5 Å². The molecule has 6 aromatic heterocycles. The number of carbonyl (C=O) groups excluding carboxylic acids is 8. The van der Waals surface area contributed by atoms with Crippen molar-refractivity contribution >= 4 is 81.4 Å². The van der Waals surface area contributed by atoms with Crippen LogP contribution >= 0.6 is 24.0 Å². The Balaban J connectivity index is 0.000000178. The van der Waals surface area contributed by atoms with E-state index in [0.29, 0.717) is 68.3 Å². The lowest BCUT2D eigenvalue weighted by Gasteiger charge is -2.18. The first kappa shape index (κ1) is 89.4. The van der Waals surface area contributed by atoms with Crippen LogP contribution in [0.15, 0.2) is 139 Å². The number of fused-ring (bicyclic) bond motifs is 4. The van der Waals surface area contributed by atoms with Gasteiger partial charge in [-0.25, -0.2) is 4.98 Å². The third-order valence-electron chi connectivity index (χ3n) is 20.3. The highest BCUT2D eigenvalue weighted by molar-refractivity contribution is 7.88. The summed E-state index contributed by atoms with van der Waals surface area (Å²) >= 11 is 5.73. The van der Waals surface area contributed by atoms with Crippen LogP contribution < -0.4 is 29.8 Å². The summed E-state index contributed by atoms with van der Waals surface area (Å²) in [4.78, 5) is 139. The van der Waals surface area contributed by atoms with Gasteiger partial charge in [0.15, 0.2) is 17.4 Å². The molecule has 0 saturated carbocycles. The largest absolute Gasteiger partial charge is 0.534 e. The maximum Gasteiger partial charge on any atom is 0.534 e. The molecule has 10 heterocycles. The lowest BCUT2D eigenvalue weighted by molar-refractivity contribution is -0.389. The molecule has 0 bridgehead atoms. The molecule has 10 aromatic rings. The number of methoxy groups -OCH3 is 2. The maximum absolute atomic E-state index is 12.6. The summed E-state index contributed by atoms with van der Waals surface area (Å²) in [7, 11) is -2.61. The average Bonchev–Trinajstić information content (AvgIpc) is 1.60. The van der Waals surface area contributed by atoms with Gasteiger partial charge in [0.05, 0.1) is 119 Å². The van der Waals surface area contributed by atoms with Gasteiger partial charge in [-0.1, -0.05) is 48.5 Å². The molecule has 0 aliphatic carbocycles. The zero-order valence-electron chi connectivity index (χ0n) is 66.6. The molecular formula is C85H87Cl2F3N11O14S+. The van der Waals surface area contributed by atoms with Gasteiger partial charge >= 0.3 is 15.6 Å². The van der Waals surface area contributed by atoms with Crippen molar-refractivity contribution in [1.82, 2.24) is 44.5 Å². The molecule has 0 fully saturated rings. The highest BCUT2D eigenvalue weighted by Gasteiger charge is 2.49. The number of hydrogen-bond donors (Lipinski definition) is 2. The molecule has 116 heavy (non-hydrogen) atoms. The Bertz CT molecular complexity index is 5620. The minimum atomic E-state index is -5.88. The summed E-state index contributed by atoms with van der Waals surface area (Å²) in [5, 5.41) is 0. The quantitative estimate of drug-likeness (QED) is 0.0442. The van der Waals surface area contributed by atoms with E-state index >= 15 is 0 Å². The minimum absolute atomic E-state index is 0. The molecule has 25 nitrogen and oxygen atoms in total. The maximum atomic E-state index is 12.6. The van der Waals surface area contributed by atoms with E-state index in [9.17, 15) is 64.7 Å². The van der Waals surface area contributed by atoms with Crippen molar-refractivity contribution in [2.75, 3.05) is 14.2 Å². The fraction of sp³-hybridized carbons (Fsp3) is 0.271. The van der Waals surface area contributed by atoms with Crippen LogP contribution in [0.2, 0.25) is 0 Å². The van der Waals surface area contributed by atoms with Gasteiger partial charge in [0.1, 0.15) is 17.4 Å². The van der Waals surface area contributed by atoms with Gasteiger partial charge in [-0.3, -0.25) is 82.7 Å². The number of nitrogens with two attached hydrogens (primary N) is 1. The molecule has 0 spiro atoms. The molecule has 0 unspecified atom stereocenters. The third kappa shape index (κ3) is 18.6. The van der Waals surface area contributed by atoms with Gasteiger partial charge in [0.2, 0.25) is 5.69 Å². The topological polar surface area (TPSA) is 336 Å². The highest BCUT2D eigenvalue weighted by atomic mass is 35.5. The highest BCUT2D eigenvalue weighted by Crippen LogP contribution is 2.35. The summed E-state index contributed by atoms with van der Waals surface area (Å²) in [6.45, 7) is 26.7. The number of pyridine rings is 6. The second-order valence-electron chi connectivity index (χ2n) is 27.5. The van der Waals surface area contributed by atoms with Crippen LogP contribution in [0.25, 0.3) is 0 Å². The number of nitrogens with zero attached hydrogens (tertiary/aromatic N) is 8. The summed E-state index contributed by atoms with van der Waals surface area (Å²) in [5.74, 6) is -1.23. The molecule has 0 atom stereocenters. The Morgan fingerprint density at radius 1 is 0.414 bits per heavy atom. The summed E-state index contributed by atoms with van der Waals surface area (Å²) in [5.41, 5.74) is 19.2. The lowest BCUT2D eigenvalue weighted by Crippen LogP contribution is -2.31. The first-order valence-electron chi connectivity index (χ1n) is 35.9. The van der Waals surface area contributed by atoms with Crippen LogP contribution in [0, 0.1) is 96.9 Å². The van der Waals surface area contributed by atoms with E-state index < -0.39 is 33.2 Å². The number of alkyl halides is 4. The first-order chi connectivity index (χ1) is 54.3. The molecular weight excluding hydrogens is 1560 g/mol. The van der Waals surface area contributed by atoms with Crippen LogP contribution in [0.4, 0.5) is 13.2 Å². The zero-order valence-corrected chi connectivity index (χ0v) is 69.0. The zero-order chi connectivity index (χ0) is 84.6. The summed E-state index contributed by atoms with van der Waals surface area (Å²) in [6, 6.07) is 26.7. The number of aromatic amines is 2. The molecule has 14 rings (SSSR count). The Kier molecular flexibility index (Phi) is 28.8. The summed E-state index contributed by atoms with van der Waals surface area (Å²) in [6.07, 6.45) is 9.98. The molecule has 4 aliphatic heterocycles. The van der Waals surface area contributed by atoms with Crippen LogP contribution in [0.1, 0.15) is 195 Å². The standard InChI is InChI=1S/C17H13F3N2O5S.C17H16N2O3.C17H16N2O2.C16H14N2O3.C9H12ClNO.C9H14N2.ClH/c1-9-7-21-13(10(2)14(9)27-28(25,26)17(18,19)20)8-22-15(23)11-5-3-4-6-12(11)16(22)24;1-10-8-18-14(11(2)15(10)22-3)9-19-16(20)12-6-4-5-7-13(12)17(19)21;1-10-8-18-15(12(3)11(10)2)9-19-16(20)13-6-4-5-7-14(13)17(19)21;1-9-7-17-13(10(2)14(9)19)8-18-15(20)11-5-3-4-6-12(11)16(18)21;1-6-5-11-8(4-10)7(2)9(6)12-3;1-6-5-11-9(4-10)8(3)7(6)2;/h3-7H,8H2,1-2H3;4-8H,9H2,1-3H3;4-8H,9H2,1-3H3;3-7H,8H2,1-2H3,(H,17,19);5H,4H2,1-3H3;5H,4,10H2,1-3H3;1H/p+1. The number of imide groups is 4. The SMILES string of the molecule is COc1c(C)c[nH+]c(CCl)c1C.COc1c(C)cnc(CN2C(=O)c3ccccc3C2=O)c1C.Cc1c[nH]c(CN2C(=O)c3ccccc3C2=O)c(C)c1=O.Cc1cnc(CN)c(C)c1C.Cc1cnc(CN2C(=O)c3ccccc3C2=O)c(C)c1C.Cc1cnc(CN2C(=O)c3ccccc3C2=O)c(C)c1OS(=O)(=O)C(F)(F)F.Cl. The number of rotatable bonds is 14. The number of nitrogens with one attached hydrogen (secondary N) is 2. The Morgan fingerprint density at radius 3 is 1.05 bits per heavy atom. The van der Waals surface area contributed by atoms with Gasteiger partial charge < -0.3 is 24.4 Å². The van der Waals surface area contributed by atoms with Crippen molar-refractivity contribution in [1.29, 1.82) is 0 Å². The third-order valence-corrected chi connectivity index (χ3v) is 21.5. The van der Waals surface area contributed by atoms with Crippen molar-refractivity contribution in [2.24, 2.45) is 5.73 Å². The number of H-pyrrole nitrogens is 2. The molecule has 0 saturated heterocycles. The number of ether oxygens (including phenoxy) is 2. The predicted octanol–water partition coefficient (Wildman–Crippen LogP) is 13.6. The normalized spacial score (nSPS) is 13.0. The smallest absolute Gasteiger partial charge is 0.496 e. The number of aromatic nitrogens is 6.